The van der Waals surface area contributed by atoms with Crippen LogP contribution in [0.5, 0.6) is 5.75 Å². The van der Waals surface area contributed by atoms with Gasteiger partial charge in [0.2, 0.25) is 34.8 Å². The molecule has 0 N–H and O–H groups in total. The molecule has 0 bridgehead atoms. The number of carbonyl (C=O) groups is 1. The van der Waals surface area contributed by atoms with E-state index in [2.05, 4.69) is 9.47 Å². The predicted octanol–water partition coefficient (Wildman–Crippen LogP) is 3.34. The molecule has 1 aromatic heterocycles. The number of hydrogen-bond acceptors (Lipinski definition) is 4. The van der Waals surface area contributed by atoms with E-state index in [0.29, 0.717) is 0 Å². The summed E-state index contributed by atoms with van der Waals surface area (Å²) in [5.41, 5.74) is 0. The van der Waals surface area contributed by atoms with Crippen LogP contribution in [0.4, 0.5) is 22.0 Å². The van der Waals surface area contributed by atoms with E-state index in [0.717, 1.165) is 7.11 Å². The SMILES string of the molecule is COC(=O)c1ccc(COc2c(F)c(F)c(F)c(F)c2F)o1. The molecule has 9 heteroatoms. The molecule has 1 heterocycles. The van der Waals surface area contributed by atoms with Crippen LogP contribution in [0.25, 0.3) is 0 Å². The number of ether oxygens (including phenoxy) is 2. The van der Waals surface area contributed by atoms with Crippen LogP contribution in [-0.2, 0) is 11.3 Å². The van der Waals surface area contributed by atoms with E-state index in [4.69, 9.17) is 4.42 Å². The van der Waals surface area contributed by atoms with Gasteiger partial charge in [0.1, 0.15) is 12.4 Å². The summed E-state index contributed by atoms with van der Waals surface area (Å²) in [6.07, 6.45) is 0. The molecule has 0 atom stereocenters. The smallest absolute Gasteiger partial charge is 0.373 e. The molecule has 2 aromatic rings. The molecule has 0 amide bonds. The zero-order valence-electron chi connectivity index (χ0n) is 10.9. The molecular formula is C13H7F5O4. The monoisotopic (exact) mass is 322 g/mol. The van der Waals surface area contributed by atoms with Crippen molar-refractivity contribution in [2.75, 3.05) is 7.11 Å². The van der Waals surface area contributed by atoms with E-state index >= 15 is 0 Å². The second-order valence-corrected chi connectivity index (χ2v) is 3.95. The van der Waals surface area contributed by atoms with Crippen molar-refractivity contribution >= 4 is 5.97 Å². The molecule has 1 aromatic carbocycles. The van der Waals surface area contributed by atoms with Crippen LogP contribution >= 0.6 is 0 Å². The number of halogens is 5. The lowest BCUT2D eigenvalue weighted by Gasteiger charge is -2.09. The maximum Gasteiger partial charge on any atom is 0.373 e. The number of benzene rings is 1. The molecule has 0 aliphatic carbocycles. The zero-order chi connectivity index (χ0) is 16.4. The third-order valence-corrected chi connectivity index (χ3v) is 2.58. The molecule has 0 spiro atoms. The second kappa shape index (κ2) is 6.04. The molecule has 0 fully saturated rings. The van der Waals surface area contributed by atoms with Crippen LogP contribution in [0.3, 0.4) is 0 Å². The largest absolute Gasteiger partial charge is 0.479 e. The van der Waals surface area contributed by atoms with Crippen LogP contribution in [0.2, 0.25) is 0 Å². The van der Waals surface area contributed by atoms with Crippen molar-refractivity contribution in [2.24, 2.45) is 0 Å². The number of rotatable bonds is 4. The van der Waals surface area contributed by atoms with Crippen LogP contribution in [0, 0.1) is 29.1 Å². The fraction of sp³-hybridized carbons (Fsp3) is 0.154. The summed E-state index contributed by atoms with van der Waals surface area (Å²) in [5.74, 6) is -13.3. The van der Waals surface area contributed by atoms with Crippen molar-refractivity contribution in [3.05, 3.63) is 52.7 Å². The maximum absolute atomic E-state index is 13.3. The Labute approximate surface area is 120 Å². The molecule has 0 aliphatic rings. The highest BCUT2D eigenvalue weighted by atomic mass is 19.2. The van der Waals surface area contributed by atoms with Crippen molar-refractivity contribution < 1.29 is 40.6 Å². The molecule has 0 unspecified atom stereocenters. The first-order valence-corrected chi connectivity index (χ1v) is 5.68. The summed E-state index contributed by atoms with van der Waals surface area (Å²) >= 11 is 0. The van der Waals surface area contributed by atoms with Crippen LogP contribution in [0.1, 0.15) is 16.3 Å². The second-order valence-electron chi connectivity index (χ2n) is 3.95. The van der Waals surface area contributed by atoms with Gasteiger partial charge in [-0.2, -0.15) is 8.78 Å². The summed E-state index contributed by atoms with van der Waals surface area (Å²) in [6.45, 7) is -0.657. The Kier molecular flexibility index (Phi) is 4.34. The van der Waals surface area contributed by atoms with Crippen molar-refractivity contribution in [1.29, 1.82) is 0 Å². The van der Waals surface area contributed by atoms with Gasteiger partial charge in [-0.05, 0) is 12.1 Å². The Morgan fingerprint density at radius 2 is 1.55 bits per heavy atom. The van der Waals surface area contributed by atoms with Crippen molar-refractivity contribution in [2.45, 2.75) is 6.61 Å². The van der Waals surface area contributed by atoms with E-state index in [1.807, 2.05) is 0 Å². The lowest BCUT2D eigenvalue weighted by atomic mass is 10.2. The Bertz CT molecular complexity index is 696. The van der Waals surface area contributed by atoms with E-state index in [1.165, 1.54) is 12.1 Å². The lowest BCUT2D eigenvalue weighted by Crippen LogP contribution is -2.06. The molecule has 118 valence electrons. The van der Waals surface area contributed by atoms with Crippen molar-refractivity contribution in [3.8, 4) is 5.75 Å². The fourth-order valence-corrected chi connectivity index (χ4v) is 1.52. The number of furan rings is 1. The molecule has 0 radical (unpaired) electrons. The molecule has 0 saturated carbocycles. The molecule has 2 rings (SSSR count). The third-order valence-electron chi connectivity index (χ3n) is 2.58. The first kappa shape index (κ1) is 15.8. The van der Waals surface area contributed by atoms with Crippen LogP contribution in [-0.4, -0.2) is 13.1 Å². The molecular weight excluding hydrogens is 315 g/mol. The van der Waals surface area contributed by atoms with E-state index in [9.17, 15) is 26.7 Å². The summed E-state index contributed by atoms with van der Waals surface area (Å²) in [5, 5.41) is 0. The number of hydrogen-bond donors (Lipinski definition) is 0. The normalized spacial score (nSPS) is 10.6. The Morgan fingerprint density at radius 3 is 2.09 bits per heavy atom. The first-order chi connectivity index (χ1) is 10.4. The highest BCUT2D eigenvalue weighted by molar-refractivity contribution is 5.86. The zero-order valence-corrected chi connectivity index (χ0v) is 10.9. The van der Waals surface area contributed by atoms with Crippen molar-refractivity contribution in [1.82, 2.24) is 0 Å². The maximum atomic E-state index is 13.3. The molecule has 4 nitrogen and oxygen atoms in total. The van der Waals surface area contributed by atoms with E-state index < -0.39 is 47.4 Å². The topological polar surface area (TPSA) is 48.7 Å². The third kappa shape index (κ3) is 2.74. The van der Waals surface area contributed by atoms with Crippen LogP contribution < -0.4 is 4.74 Å². The van der Waals surface area contributed by atoms with Gasteiger partial charge in [-0.25, -0.2) is 18.0 Å². The van der Waals surface area contributed by atoms with Gasteiger partial charge in [0.15, 0.2) is 5.75 Å². The number of carbonyl (C=O) groups excluding carboxylic acids is 1. The van der Waals surface area contributed by atoms with Gasteiger partial charge in [-0.15, -0.1) is 0 Å². The Balaban J connectivity index is 2.22. The minimum absolute atomic E-state index is 0.0793. The van der Waals surface area contributed by atoms with Crippen molar-refractivity contribution in [3.63, 3.8) is 0 Å². The average Bonchev–Trinajstić information content (AvgIpc) is 2.99. The van der Waals surface area contributed by atoms with Gasteiger partial charge in [0.25, 0.3) is 0 Å². The fourth-order valence-electron chi connectivity index (χ4n) is 1.52. The summed E-state index contributed by atoms with van der Waals surface area (Å²) in [4.78, 5) is 11.1. The average molecular weight is 322 g/mol. The minimum atomic E-state index is -2.28. The summed E-state index contributed by atoms with van der Waals surface area (Å²) in [7, 11) is 1.11. The lowest BCUT2D eigenvalue weighted by molar-refractivity contribution is 0.0560. The molecule has 22 heavy (non-hydrogen) atoms. The van der Waals surface area contributed by atoms with Gasteiger partial charge >= 0.3 is 5.97 Å². The Hall–Kier alpha value is -2.58. The van der Waals surface area contributed by atoms with E-state index in [1.54, 1.807) is 0 Å². The quantitative estimate of drug-likeness (QED) is 0.375. The van der Waals surface area contributed by atoms with Crippen LogP contribution in [0.15, 0.2) is 16.5 Å². The summed E-state index contributed by atoms with van der Waals surface area (Å²) < 4.78 is 79.3. The van der Waals surface area contributed by atoms with E-state index in [-0.39, 0.29) is 11.5 Å². The summed E-state index contributed by atoms with van der Waals surface area (Å²) in [6, 6.07) is 2.42. The van der Waals surface area contributed by atoms with Gasteiger partial charge in [0.05, 0.1) is 7.11 Å². The standard InChI is InChI=1S/C13H7F5O4/c1-20-13(19)6-3-2-5(22-6)4-21-12-10(17)8(15)7(14)9(16)11(12)18/h2-3H,4H2,1H3. The highest BCUT2D eigenvalue weighted by Crippen LogP contribution is 2.29. The van der Waals surface area contributed by atoms with Gasteiger partial charge in [0, 0.05) is 0 Å². The number of methoxy groups -OCH3 is 1. The first-order valence-electron chi connectivity index (χ1n) is 5.68. The molecule has 0 aliphatic heterocycles. The Morgan fingerprint density at radius 1 is 1.00 bits per heavy atom. The van der Waals surface area contributed by atoms with Gasteiger partial charge in [-0.1, -0.05) is 0 Å². The molecule has 0 saturated heterocycles. The minimum Gasteiger partial charge on any atom is -0.479 e. The van der Waals surface area contributed by atoms with Gasteiger partial charge < -0.3 is 13.9 Å². The highest BCUT2D eigenvalue weighted by Gasteiger charge is 2.27. The number of esters is 1. The predicted molar refractivity (Wildman–Crippen MR) is 60.6 cm³/mol. The van der Waals surface area contributed by atoms with Gasteiger partial charge in [-0.3, -0.25) is 0 Å².